The van der Waals surface area contributed by atoms with E-state index >= 15 is 0 Å². The molecular weight excluding hydrogens is 142 g/mol. The molecule has 0 heterocycles. The highest BCUT2D eigenvalue weighted by Crippen LogP contribution is 1.91. The number of hydrogen-bond donors (Lipinski definition) is 1. The summed E-state index contributed by atoms with van der Waals surface area (Å²) in [5, 5.41) is 2.68. The van der Waals surface area contributed by atoms with Crippen LogP contribution >= 0.6 is 0 Å². The molecule has 0 aromatic rings. The average molecular weight is 157 g/mol. The Balaban J connectivity index is 3.37. The fourth-order valence-corrected chi connectivity index (χ4v) is 0.690. The fraction of sp³-hybridized carbons (Fsp3) is 0.625. The number of hydrogen-bond acceptors (Lipinski definition) is 2. The van der Waals surface area contributed by atoms with Gasteiger partial charge in [0.2, 0.25) is 5.91 Å². The van der Waals surface area contributed by atoms with Crippen LogP contribution in [0.2, 0.25) is 0 Å². The number of ether oxygens (including phenoxy) is 1. The smallest absolute Gasteiger partial charge is 0.243 e. The summed E-state index contributed by atoms with van der Waals surface area (Å²) in [6.45, 7) is 6.65. The summed E-state index contributed by atoms with van der Waals surface area (Å²) in [5.74, 6) is 0.219. The van der Waals surface area contributed by atoms with E-state index in [0.717, 1.165) is 0 Å². The third-order valence-electron chi connectivity index (χ3n) is 1.26. The van der Waals surface area contributed by atoms with Gasteiger partial charge in [0.1, 0.15) is 0 Å². The van der Waals surface area contributed by atoms with Crippen molar-refractivity contribution in [3.63, 3.8) is 0 Å². The topological polar surface area (TPSA) is 38.3 Å². The lowest BCUT2D eigenvalue weighted by Gasteiger charge is -2.09. The van der Waals surface area contributed by atoms with Gasteiger partial charge in [-0.3, -0.25) is 4.79 Å². The van der Waals surface area contributed by atoms with E-state index < -0.39 is 0 Å². The van der Waals surface area contributed by atoms with Crippen LogP contribution in [0.15, 0.2) is 12.7 Å². The van der Waals surface area contributed by atoms with Crippen LogP contribution < -0.4 is 5.32 Å². The quantitative estimate of drug-likeness (QED) is 0.592. The van der Waals surface area contributed by atoms with Crippen molar-refractivity contribution in [1.29, 1.82) is 0 Å². The first-order chi connectivity index (χ1) is 5.20. The molecule has 1 amide bonds. The Morgan fingerprint density at radius 1 is 1.82 bits per heavy atom. The van der Waals surface area contributed by atoms with Crippen molar-refractivity contribution in [3.8, 4) is 0 Å². The lowest BCUT2D eigenvalue weighted by atomic mass is 10.2. The molecule has 0 saturated carbocycles. The Kier molecular flexibility index (Phi) is 5.47. The first-order valence-corrected chi connectivity index (χ1v) is 3.60. The van der Waals surface area contributed by atoms with Gasteiger partial charge >= 0.3 is 0 Å². The van der Waals surface area contributed by atoms with Crippen molar-refractivity contribution in [1.82, 2.24) is 5.32 Å². The molecule has 0 radical (unpaired) electrons. The molecule has 0 bridgehead atoms. The number of nitrogens with one attached hydrogen (secondary N) is 1. The minimum atomic E-state index is -0.132. The van der Waals surface area contributed by atoms with Gasteiger partial charge in [-0.1, -0.05) is 13.5 Å². The second-order valence-corrected chi connectivity index (χ2v) is 2.51. The summed E-state index contributed by atoms with van der Waals surface area (Å²) < 4.78 is 4.89. The molecule has 64 valence electrons. The zero-order chi connectivity index (χ0) is 8.69. The molecule has 0 fully saturated rings. The zero-order valence-electron chi connectivity index (χ0n) is 7.09. The van der Waals surface area contributed by atoms with Crippen molar-refractivity contribution in [2.45, 2.75) is 6.92 Å². The van der Waals surface area contributed by atoms with E-state index in [-0.39, 0.29) is 5.91 Å². The second kappa shape index (κ2) is 5.92. The molecule has 0 aliphatic carbocycles. The Labute approximate surface area is 67.4 Å². The maximum atomic E-state index is 10.7. The second-order valence-electron chi connectivity index (χ2n) is 2.51. The lowest BCUT2D eigenvalue weighted by Crippen LogP contribution is -2.28. The summed E-state index contributed by atoms with van der Waals surface area (Å²) in [5.41, 5.74) is 0. The summed E-state index contributed by atoms with van der Waals surface area (Å²) in [6, 6.07) is 0. The van der Waals surface area contributed by atoms with Crippen molar-refractivity contribution >= 4 is 5.91 Å². The number of rotatable bonds is 5. The summed E-state index contributed by atoms with van der Waals surface area (Å²) in [7, 11) is 1.64. The van der Waals surface area contributed by atoms with Crippen LogP contribution in [0.5, 0.6) is 0 Å². The fourth-order valence-electron chi connectivity index (χ4n) is 0.690. The monoisotopic (exact) mass is 157 g/mol. The van der Waals surface area contributed by atoms with Gasteiger partial charge < -0.3 is 10.1 Å². The lowest BCUT2D eigenvalue weighted by molar-refractivity contribution is -0.116. The van der Waals surface area contributed by atoms with Crippen LogP contribution in [-0.2, 0) is 9.53 Å². The van der Waals surface area contributed by atoms with E-state index in [1.54, 1.807) is 7.11 Å². The molecule has 0 aliphatic rings. The van der Waals surface area contributed by atoms with Crippen LogP contribution in [-0.4, -0.2) is 26.2 Å². The highest BCUT2D eigenvalue weighted by molar-refractivity contribution is 5.86. The third-order valence-corrected chi connectivity index (χ3v) is 1.26. The first-order valence-electron chi connectivity index (χ1n) is 3.60. The van der Waals surface area contributed by atoms with E-state index in [0.29, 0.717) is 19.1 Å². The van der Waals surface area contributed by atoms with Crippen LogP contribution in [0.1, 0.15) is 6.92 Å². The minimum absolute atomic E-state index is 0.132. The van der Waals surface area contributed by atoms with Crippen molar-refractivity contribution < 1.29 is 9.53 Å². The van der Waals surface area contributed by atoms with Gasteiger partial charge in [-0.25, -0.2) is 0 Å². The molecule has 0 aromatic heterocycles. The van der Waals surface area contributed by atoms with Crippen molar-refractivity contribution in [3.05, 3.63) is 12.7 Å². The van der Waals surface area contributed by atoms with Gasteiger partial charge in [-0.05, 0) is 12.0 Å². The number of carbonyl (C=O) groups is 1. The van der Waals surface area contributed by atoms with Gasteiger partial charge in [0.25, 0.3) is 0 Å². The third kappa shape index (κ3) is 5.61. The van der Waals surface area contributed by atoms with Crippen LogP contribution in [0.25, 0.3) is 0 Å². The molecule has 0 aliphatic heterocycles. The number of methoxy groups -OCH3 is 1. The highest BCUT2D eigenvalue weighted by atomic mass is 16.5. The maximum Gasteiger partial charge on any atom is 0.243 e. The first kappa shape index (κ1) is 10.2. The molecule has 0 saturated heterocycles. The predicted octanol–water partition coefficient (Wildman–Crippen LogP) is 0.571. The SMILES string of the molecule is C=CC(=O)NCC(C)COC. The van der Waals surface area contributed by atoms with E-state index in [9.17, 15) is 4.79 Å². The molecule has 0 spiro atoms. The van der Waals surface area contributed by atoms with Gasteiger partial charge in [0, 0.05) is 13.7 Å². The molecule has 1 unspecified atom stereocenters. The van der Waals surface area contributed by atoms with Crippen molar-refractivity contribution in [2.24, 2.45) is 5.92 Å². The van der Waals surface area contributed by atoms with Crippen LogP contribution in [0.3, 0.4) is 0 Å². The normalized spacial score (nSPS) is 12.2. The van der Waals surface area contributed by atoms with E-state index in [4.69, 9.17) is 4.74 Å². The van der Waals surface area contributed by atoms with Crippen LogP contribution in [0.4, 0.5) is 0 Å². The number of carbonyl (C=O) groups excluding carboxylic acids is 1. The minimum Gasteiger partial charge on any atom is -0.384 e. The molecule has 3 heteroatoms. The molecule has 0 aromatic carbocycles. The van der Waals surface area contributed by atoms with E-state index in [1.165, 1.54) is 6.08 Å². The molecule has 1 atom stereocenters. The Hall–Kier alpha value is -0.830. The average Bonchev–Trinajstić information content (AvgIpc) is 2.01. The molecule has 11 heavy (non-hydrogen) atoms. The van der Waals surface area contributed by atoms with Gasteiger partial charge in [-0.2, -0.15) is 0 Å². The molecular formula is C8H15NO2. The van der Waals surface area contributed by atoms with Crippen molar-refractivity contribution in [2.75, 3.05) is 20.3 Å². The highest BCUT2D eigenvalue weighted by Gasteiger charge is 2.01. The van der Waals surface area contributed by atoms with Gasteiger partial charge in [0.15, 0.2) is 0 Å². The maximum absolute atomic E-state index is 10.7. The largest absolute Gasteiger partial charge is 0.384 e. The molecule has 0 rings (SSSR count). The summed E-state index contributed by atoms with van der Waals surface area (Å²) in [6.07, 6.45) is 1.26. The Bertz CT molecular complexity index is 134. The van der Waals surface area contributed by atoms with Gasteiger partial charge in [0.05, 0.1) is 6.61 Å². The Morgan fingerprint density at radius 2 is 2.45 bits per heavy atom. The molecule has 1 N–H and O–H groups in total. The number of amides is 1. The van der Waals surface area contributed by atoms with E-state index in [2.05, 4.69) is 11.9 Å². The standard InChI is InChI=1S/C8H15NO2/c1-4-8(10)9-5-7(2)6-11-3/h4,7H,1,5-6H2,2-3H3,(H,9,10). The summed E-state index contributed by atoms with van der Waals surface area (Å²) in [4.78, 5) is 10.7. The van der Waals surface area contributed by atoms with Gasteiger partial charge in [-0.15, -0.1) is 0 Å². The predicted molar refractivity (Wildman–Crippen MR) is 44.2 cm³/mol. The van der Waals surface area contributed by atoms with Crippen LogP contribution in [0, 0.1) is 5.92 Å². The molecule has 3 nitrogen and oxygen atoms in total. The van der Waals surface area contributed by atoms with E-state index in [1.807, 2.05) is 6.92 Å². The Morgan fingerprint density at radius 3 is 2.91 bits per heavy atom. The summed E-state index contributed by atoms with van der Waals surface area (Å²) >= 11 is 0. The zero-order valence-corrected chi connectivity index (χ0v) is 7.09.